The molecular formula is C25H38ClN3O2S. The van der Waals surface area contributed by atoms with Crippen LogP contribution >= 0.6 is 23.5 Å². The van der Waals surface area contributed by atoms with E-state index in [1.165, 1.54) is 11.9 Å². The van der Waals surface area contributed by atoms with Gasteiger partial charge in [0.1, 0.15) is 5.54 Å². The fraction of sp³-hybridized carbons (Fsp3) is 0.680. The molecule has 0 saturated heterocycles. The van der Waals surface area contributed by atoms with Crippen molar-refractivity contribution in [3.8, 4) is 0 Å². The number of hydrogen-bond acceptors (Lipinski definition) is 4. The molecule has 3 N–H and O–H groups in total. The van der Waals surface area contributed by atoms with E-state index in [0.29, 0.717) is 22.8 Å². The second kappa shape index (κ2) is 10.4. The van der Waals surface area contributed by atoms with Crippen LogP contribution in [0, 0.1) is 23.2 Å². The lowest BCUT2D eigenvalue weighted by atomic mass is 9.57. The summed E-state index contributed by atoms with van der Waals surface area (Å²) in [7, 11) is 1.72. The first-order valence-corrected chi connectivity index (χ1v) is 13.0. The summed E-state index contributed by atoms with van der Waals surface area (Å²) in [6.45, 7) is 10.1. The average molecular weight is 480 g/mol. The normalized spacial score (nSPS) is 34.0. The SMILES string of the molecule is C=C(Cl)/C(=C\C=C/C)SNC1(C(=O)NC2C(C)CC3CC2CC(C)(C(=O)NC)C3)CCC1. The average Bonchev–Trinajstić information content (AvgIpc) is 2.70. The van der Waals surface area contributed by atoms with Gasteiger partial charge < -0.3 is 10.6 Å². The molecular weight excluding hydrogens is 442 g/mol. The molecule has 0 aromatic carbocycles. The van der Waals surface area contributed by atoms with Crippen molar-refractivity contribution in [1.29, 1.82) is 0 Å². The van der Waals surface area contributed by atoms with Crippen molar-refractivity contribution in [1.82, 2.24) is 15.4 Å². The van der Waals surface area contributed by atoms with Gasteiger partial charge in [0.2, 0.25) is 11.8 Å². The van der Waals surface area contributed by atoms with Crippen LogP contribution in [-0.2, 0) is 9.59 Å². The molecule has 5 atom stereocenters. The first kappa shape index (κ1) is 25.4. The maximum absolute atomic E-state index is 13.5. The summed E-state index contributed by atoms with van der Waals surface area (Å²) in [6.07, 6.45) is 12.3. The molecule has 0 aromatic rings. The van der Waals surface area contributed by atoms with E-state index in [9.17, 15) is 9.59 Å². The Bertz CT molecular complexity index is 805. The lowest BCUT2D eigenvalue weighted by Gasteiger charge is -2.51. The molecule has 3 saturated carbocycles. The highest BCUT2D eigenvalue weighted by Crippen LogP contribution is 2.50. The first-order chi connectivity index (χ1) is 15.1. The molecule has 0 aromatic heterocycles. The van der Waals surface area contributed by atoms with E-state index >= 15 is 0 Å². The highest BCUT2D eigenvalue weighted by Gasteiger charge is 2.51. The quantitative estimate of drug-likeness (QED) is 0.336. The van der Waals surface area contributed by atoms with Crippen LogP contribution in [0.4, 0.5) is 0 Å². The van der Waals surface area contributed by atoms with Crippen LogP contribution < -0.4 is 15.4 Å². The second-order valence-corrected chi connectivity index (χ2v) is 11.5. The molecule has 0 spiro atoms. The molecule has 3 aliphatic carbocycles. The van der Waals surface area contributed by atoms with Crippen molar-refractivity contribution in [2.45, 2.75) is 77.3 Å². The molecule has 32 heavy (non-hydrogen) atoms. The number of carbonyl (C=O) groups excluding carboxylic acids is 2. The van der Waals surface area contributed by atoms with E-state index < -0.39 is 5.54 Å². The lowest BCUT2D eigenvalue weighted by molar-refractivity contribution is -0.137. The third-order valence-electron chi connectivity index (χ3n) is 7.69. The molecule has 2 amide bonds. The smallest absolute Gasteiger partial charge is 0.241 e. The van der Waals surface area contributed by atoms with Crippen LogP contribution in [0.1, 0.15) is 65.7 Å². The largest absolute Gasteiger partial charge is 0.359 e. The van der Waals surface area contributed by atoms with Crippen molar-refractivity contribution in [2.24, 2.45) is 23.2 Å². The van der Waals surface area contributed by atoms with Crippen LogP contribution in [0.2, 0.25) is 0 Å². The molecule has 0 aliphatic heterocycles. The molecule has 5 nitrogen and oxygen atoms in total. The topological polar surface area (TPSA) is 70.2 Å². The van der Waals surface area contributed by atoms with Gasteiger partial charge in [-0.3, -0.25) is 9.59 Å². The van der Waals surface area contributed by atoms with Gasteiger partial charge in [0, 0.05) is 28.4 Å². The molecule has 0 heterocycles. The van der Waals surface area contributed by atoms with Gasteiger partial charge in [0.15, 0.2) is 0 Å². The monoisotopic (exact) mass is 479 g/mol. The third kappa shape index (κ3) is 5.28. The van der Waals surface area contributed by atoms with Gasteiger partial charge >= 0.3 is 0 Å². The van der Waals surface area contributed by atoms with Gasteiger partial charge in [-0.2, -0.15) is 0 Å². The maximum Gasteiger partial charge on any atom is 0.241 e. The van der Waals surface area contributed by atoms with E-state index in [1.54, 1.807) is 7.05 Å². The third-order valence-corrected chi connectivity index (χ3v) is 9.10. The lowest BCUT2D eigenvalue weighted by Crippen LogP contribution is -2.63. The van der Waals surface area contributed by atoms with Gasteiger partial charge in [-0.05, 0) is 87.6 Å². The van der Waals surface area contributed by atoms with Crippen LogP contribution in [0.25, 0.3) is 0 Å². The summed E-state index contributed by atoms with van der Waals surface area (Å²) in [6, 6.07) is 0.105. The number of nitrogens with one attached hydrogen (secondary N) is 3. The predicted molar refractivity (Wildman–Crippen MR) is 134 cm³/mol. The molecule has 5 unspecified atom stereocenters. The van der Waals surface area contributed by atoms with Crippen LogP contribution in [-0.4, -0.2) is 30.4 Å². The van der Waals surface area contributed by atoms with Crippen LogP contribution in [0.5, 0.6) is 0 Å². The van der Waals surface area contributed by atoms with Crippen molar-refractivity contribution < 1.29 is 9.59 Å². The number of hydrogen-bond donors (Lipinski definition) is 3. The van der Waals surface area contributed by atoms with Crippen molar-refractivity contribution in [2.75, 3.05) is 7.05 Å². The first-order valence-electron chi connectivity index (χ1n) is 11.8. The maximum atomic E-state index is 13.5. The minimum atomic E-state index is -0.582. The number of carbonyl (C=O) groups is 2. The van der Waals surface area contributed by atoms with Gasteiger partial charge in [0.25, 0.3) is 0 Å². The number of rotatable bonds is 8. The molecule has 178 valence electrons. The van der Waals surface area contributed by atoms with E-state index in [1.807, 2.05) is 25.2 Å². The second-order valence-electron chi connectivity index (χ2n) is 10.2. The van der Waals surface area contributed by atoms with Crippen molar-refractivity contribution in [3.05, 3.63) is 34.7 Å². The minimum Gasteiger partial charge on any atom is -0.359 e. The van der Waals surface area contributed by atoms with Gasteiger partial charge in [-0.15, -0.1) is 0 Å². The minimum absolute atomic E-state index is 0.0735. The van der Waals surface area contributed by atoms with Gasteiger partial charge in [-0.1, -0.05) is 44.2 Å². The highest BCUT2D eigenvalue weighted by atomic mass is 35.5. The van der Waals surface area contributed by atoms with Crippen LogP contribution in [0.3, 0.4) is 0 Å². The zero-order valence-corrected chi connectivity index (χ0v) is 21.4. The Balaban J connectivity index is 1.70. The number of fused-ring (bicyclic) bond motifs is 2. The summed E-state index contributed by atoms with van der Waals surface area (Å²) in [5, 5.41) is 6.74. The molecule has 3 fully saturated rings. The Labute approximate surface area is 202 Å². The summed E-state index contributed by atoms with van der Waals surface area (Å²) in [5.41, 5.74) is -0.928. The Morgan fingerprint density at radius 2 is 1.91 bits per heavy atom. The Hall–Kier alpha value is -1.24. The van der Waals surface area contributed by atoms with Crippen molar-refractivity contribution >= 4 is 35.4 Å². The zero-order valence-electron chi connectivity index (χ0n) is 19.8. The van der Waals surface area contributed by atoms with E-state index in [-0.39, 0.29) is 23.3 Å². The Kier molecular flexibility index (Phi) is 8.21. The molecule has 3 aliphatic rings. The van der Waals surface area contributed by atoms with Gasteiger partial charge in [0.05, 0.1) is 0 Å². The summed E-state index contributed by atoms with van der Waals surface area (Å²) in [5.74, 6) is 1.50. The summed E-state index contributed by atoms with van der Waals surface area (Å²) < 4.78 is 3.42. The van der Waals surface area contributed by atoms with E-state index in [2.05, 4.69) is 35.8 Å². The fourth-order valence-corrected chi connectivity index (χ4v) is 6.98. The summed E-state index contributed by atoms with van der Waals surface area (Å²) >= 11 is 7.54. The molecule has 0 radical (unpaired) electrons. The fourth-order valence-electron chi connectivity index (χ4n) is 5.94. The Morgan fingerprint density at radius 3 is 2.47 bits per heavy atom. The predicted octanol–water partition coefficient (Wildman–Crippen LogP) is 5.05. The molecule has 2 bridgehead atoms. The van der Waals surface area contributed by atoms with Gasteiger partial charge in [-0.25, -0.2) is 4.72 Å². The highest BCUT2D eigenvalue weighted by molar-refractivity contribution is 8.01. The zero-order chi connectivity index (χ0) is 23.5. The van der Waals surface area contributed by atoms with E-state index in [4.69, 9.17) is 11.6 Å². The van der Waals surface area contributed by atoms with Crippen LogP contribution in [0.15, 0.2) is 34.7 Å². The number of amides is 2. The summed E-state index contributed by atoms with van der Waals surface area (Å²) in [4.78, 5) is 26.9. The van der Waals surface area contributed by atoms with E-state index in [0.717, 1.165) is 49.9 Å². The molecule has 3 rings (SSSR count). The Morgan fingerprint density at radius 1 is 1.19 bits per heavy atom. The number of halogens is 1. The van der Waals surface area contributed by atoms with Crippen molar-refractivity contribution in [3.63, 3.8) is 0 Å². The standard InChI is InChI=1S/C25H38ClN3O2S/c1-6-7-9-20(17(3)26)32-29-25(10-8-11-25)23(31)28-21-16(2)12-18-13-19(21)15-24(4,14-18)22(30)27-5/h6-7,9,16,18-19,21,29H,3,8,10-15H2,1-2,4-5H3,(H,27,30)(H,28,31)/b7-6-,20-9+. The molecule has 7 heteroatoms. The number of allylic oxidation sites excluding steroid dienone is 4.